The summed E-state index contributed by atoms with van der Waals surface area (Å²) < 4.78 is 4.72. The summed E-state index contributed by atoms with van der Waals surface area (Å²) in [5.74, 6) is 0.343. The molecule has 0 aromatic heterocycles. The summed E-state index contributed by atoms with van der Waals surface area (Å²) in [6.07, 6.45) is 6.72. The molecule has 5 heteroatoms. The maximum absolute atomic E-state index is 12.6. The van der Waals surface area contributed by atoms with Crippen LogP contribution in [0.2, 0.25) is 0 Å². The fraction of sp³-hybridized carbons (Fsp3) is 0.867. The summed E-state index contributed by atoms with van der Waals surface area (Å²) >= 11 is 0. The molecule has 1 heterocycles. The van der Waals surface area contributed by atoms with Crippen molar-refractivity contribution in [1.29, 1.82) is 0 Å². The average Bonchev–Trinajstić information content (AvgIpc) is 2.46. The van der Waals surface area contributed by atoms with Gasteiger partial charge < -0.3 is 15.4 Å². The lowest BCUT2D eigenvalue weighted by Crippen LogP contribution is -2.51. The molecular formula is C15H26N2O3. The van der Waals surface area contributed by atoms with Crippen LogP contribution < -0.4 is 5.73 Å². The highest BCUT2D eigenvalue weighted by atomic mass is 16.5. The summed E-state index contributed by atoms with van der Waals surface area (Å²) in [4.78, 5) is 25.8. The first-order chi connectivity index (χ1) is 9.60. The molecule has 0 aromatic rings. The molecule has 2 rings (SSSR count). The van der Waals surface area contributed by atoms with Crippen LogP contribution in [0.5, 0.6) is 0 Å². The van der Waals surface area contributed by atoms with Crippen molar-refractivity contribution in [3.05, 3.63) is 0 Å². The van der Waals surface area contributed by atoms with Crippen LogP contribution in [0.25, 0.3) is 0 Å². The van der Waals surface area contributed by atoms with E-state index in [4.69, 9.17) is 10.5 Å². The van der Waals surface area contributed by atoms with Gasteiger partial charge >= 0.3 is 5.97 Å². The molecule has 2 unspecified atom stereocenters. The first kappa shape index (κ1) is 15.3. The van der Waals surface area contributed by atoms with Gasteiger partial charge in [-0.25, -0.2) is 0 Å². The molecule has 1 saturated carbocycles. The van der Waals surface area contributed by atoms with E-state index in [1.54, 1.807) is 0 Å². The second-order valence-electron chi connectivity index (χ2n) is 6.22. The summed E-state index contributed by atoms with van der Waals surface area (Å²) in [6, 6.07) is -0.0223. The summed E-state index contributed by atoms with van der Waals surface area (Å²) in [5, 5.41) is 0. The lowest BCUT2D eigenvalue weighted by atomic mass is 9.86. The molecule has 114 valence electrons. The van der Waals surface area contributed by atoms with Gasteiger partial charge in [-0.3, -0.25) is 9.59 Å². The number of piperidine rings is 1. The topological polar surface area (TPSA) is 72.6 Å². The number of nitrogens with zero attached hydrogens (tertiary/aromatic N) is 1. The number of likely N-dealkylation sites (tertiary alicyclic amines) is 1. The number of esters is 1. The Kier molecular flexibility index (Phi) is 5.40. The minimum atomic E-state index is -0.214. The Bertz CT molecular complexity index is 353. The third kappa shape index (κ3) is 3.95. The van der Waals surface area contributed by atoms with Gasteiger partial charge in [-0.2, -0.15) is 0 Å². The number of hydrogen-bond acceptors (Lipinski definition) is 4. The standard InChI is InChI=1S/C15H26N2O3/c1-20-14(18)8-11-7-13(16)10-17(9-11)15(19)12-5-3-2-4-6-12/h11-13H,2-10,16H2,1H3. The molecule has 2 atom stereocenters. The van der Waals surface area contributed by atoms with E-state index in [2.05, 4.69) is 0 Å². The van der Waals surface area contributed by atoms with Crippen LogP contribution in [0, 0.1) is 11.8 Å². The minimum absolute atomic E-state index is 0.0223. The number of methoxy groups -OCH3 is 1. The van der Waals surface area contributed by atoms with Gasteiger partial charge in [0.25, 0.3) is 0 Å². The van der Waals surface area contributed by atoms with Crippen molar-refractivity contribution in [1.82, 2.24) is 4.90 Å². The summed E-state index contributed by atoms with van der Waals surface area (Å²) in [5.41, 5.74) is 6.05. The highest BCUT2D eigenvalue weighted by Crippen LogP contribution is 2.28. The van der Waals surface area contributed by atoms with E-state index in [-0.39, 0.29) is 29.8 Å². The Hall–Kier alpha value is -1.10. The molecule has 2 N–H and O–H groups in total. The average molecular weight is 282 g/mol. The lowest BCUT2D eigenvalue weighted by Gasteiger charge is -2.38. The van der Waals surface area contributed by atoms with E-state index in [9.17, 15) is 9.59 Å². The predicted molar refractivity (Wildman–Crippen MR) is 75.9 cm³/mol. The Morgan fingerprint density at radius 2 is 1.90 bits per heavy atom. The van der Waals surface area contributed by atoms with E-state index < -0.39 is 0 Å². The molecule has 5 nitrogen and oxygen atoms in total. The van der Waals surface area contributed by atoms with Crippen LogP contribution in [0.4, 0.5) is 0 Å². The van der Waals surface area contributed by atoms with Crippen molar-refractivity contribution in [2.75, 3.05) is 20.2 Å². The van der Waals surface area contributed by atoms with Gasteiger partial charge in [0.2, 0.25) is 5.91 Å². The summed E-state index contributed by atoms with van der Waals surface area (Å²) in [7, 11) is 1.40. The van der Waals surface area contributed by atoms with Gasteiger partial charge in [0.15, 0.2) is 0 Å². The van der Waals surface area contributed by atoms with Gasteiger partial charge in [0.1, 0.15) is 0 Å². The minimum Gasteiger partial charge on any atom is -0.469 e. The molecule has 2 fully saturated rings. The number of carbonyl (C=O) groups excluding carboxylic acids is 2. The quantitative estimate of drug-likeness (QED) is 0.792. The molecule has 20 heavy (non-hydrogen) atoms. The zero-order valence-electron chi connectivity index (χ0n) is 12.3. The SMILES string of the molecule is COC(=O)CC1CC(N)CN(C(=O)C2CCCCC2)C1. The maximum atomic E-state index is 12.6. The predicted octanol–water partition coefficient (Wildman–Crippen LogP) is 1.31. The van der Waals surface area contributed by atoms with Crippen LogP contribution in [-0.2, 0) is 14.3 Å². The van der Waals surface area contributed by atoms with Crippen molar-refractivity contribution >= 4 is 11.9 Å². The van der Waals surface area contributed by atoms with Crippen molar-refractivity contribution in [2.45, 2.75) is 51.0 Å². The second-order valence-corrected chi connectivity index (χ2v) is 6.22. The van der Waals surface area contributed by atoms with Gasteiger partial charge in [0.05, 0.1) is 13.5 Å². The van der Waals surface area contributed by atoms with Crippen molar-refractivity contribution in [3.63, 3.8) is 0 Å². The molecule has 1 aliphatic carbocycles. The third-order valence-electron chi connectivity index (χ3n) is 4.52. The Morgan fingerprint density at radius 3 is 2.55 bits per heavy atom. The van der Waals surface area contributed by atoms with Gasteiger partial charge in [-0.1, -0.05) is 19.3 Å². The normalized spacial score (nSPS) is 28.2. The van der Waals surface area contributed by atoms with Gasteiger partial charge in [-0.15, -0.1) is 0 Å². The highest BCUT2D eigenvalue weighted by molar-refractivity contribution is 5.79. The number of carbonyl (C=O) groups is 2. The molecule has 1 amide bonds. The number of rotatable bonds is 3. The van der Waals surface area contributed by atoms with E-state index in [0.29, 0.717) is 19.5 Å². The van der Waals surface area contributed by atoms with Gasteiger partial charge in [0, 0.05) is 25.0 Å². The number of amides is 1. The lowest BCUT2D eigenvalue weighted by molar-refractivity contribution is -0.145. The molecule has 0 aromatic carbocycles. The van der Waals surface area contributed by atoms with Crippen LogP contribution in [0.15, 0.2) is 0 Å². The highest BCUT2D eigenvalue weighted by Gasteiger charge is 2.33. The van der Waals surface area contributed by atoms with E-state index in [1.165, 1.54) is 13.5 Å². The molecule has 0 radical (unpaired) electrons. The Balaban J connectivity index is 1.92. The summed E-state index contributed by atoms with van der Waals surface area (Å²) in [6.45, 7) is 1.28. The van der Waals surface area contributed by atoms with Crippen LogP contribution >= 0.6 is 0 Å². The maximum Gasteiger partial charge on any atom is 0.305 e. The van der Waals surface area contributed by atoms with E-state index >= 15 is 0 Å². The van der Waals surface area contributed by atoms with Crippen LogP contribution in [-0.4, -0.2) is 43.0 Å². The second kappa shape index (κ2) is 7.07. The monoisotopic (exact) mass is 282 g/mol. The molecule has 2 aliphatic rings. The molecular weight excluding hydrogens is 256 g/mol. The van der Waals surface area contributed by atoms with Gasteiger partial charge in [-0.05, 0) is 25.2 Å². The molecule has 0 spiro atoms. The Morgan fingerprint density at radius 1 is 1.20 bits per heavy atom. The first-order valence-corrected chi connectivity index (χ1v) is 7.71. The van der Waals surface area contributed by atoms with E-state index in [1.807, 2.05) is 4.90 Å². The van der Waals surface area contributed by atoms with Crippen LogP contribution in [0.1, 0.15) is 44.9 Å². The molecule has 0 bridgehead atoms. The largest absolute Gasteiger partial charge is 0.469 e. The van der Waals surface area contributed by atoms with Crippen molar-refractivity contribution in [2.24, 2.45) is 17.6 Å². The molecule has 1 saturated heterocycles. The number of nitrogens with two attached hydrogens (primary N) is 1. The number of ether oxygens (including phenoxy) is 1. The van der Waals surface area contributed by atoms with E-state index in [0.717, 1.165) is 32.1 Å². The first-order valence-electron chi connectivity index (χ1n) is 7.71. The fourth-order valence-electron chi connectivity index (χ4n) is 3.50. The van der Waals surface area contributed by atoms with Crippen molar-refractivity contribution in [3.8, 4) is 0 Å². The zero-order chi connectivity index (χ0) is 14.5. The van der Waals surface area contributed by atoms with Crippen molar-refractivity contribution < 1.29 is 14.3 Å². The smallest absolute Gasteiger partial charge is 0.305 e. The third-order valence-corrected chi connectivity index (χ3v) is 4.52. The number of hydrogen-bond donors (Lipinski definition) is 1. The fourth-order valence-corrected chi connectivity index (χ4v) is 3.50. The zero-order valence-corrected chi connectivity index (χ0v) is 12.3. The Labute approximate surface area is 120 Å². The van der Waals surface area contributed by atoms with Crippen LogP contribution in [0.3, 0.4) is 0 Å². The molecule has 1 aliphatic heterocycles.